The maximum absolute atomic E-state index is 12.2. The molecule has 3 rings (SSSR count). The second-order valence-electron chi connectivity index (χ2n) is 6.02. The quantitative estimate of drug-likeness (QED) is 0.881. The zero-order valence-electron chi connectivity index (χ0n) is 13.9. The minimum absolute atomic E-state index is 0.0449. The topological polar surface area (TPSA) is 84.2 Å². The fourth-order valence-corrected chi connectivity index (χ4v) is 2.99. The molecule has 0 radical (unpaired) electrons. The Morgan fingerprint density at radius 3 is 3.21 bits per heavy atom. The fraction of sp³-hybridized carbons (Fsp3) is 0.529. The Labute approximate surface area is 141 Å². The number of likely N-dealkylation sites (tertiary alicyclic amines) is 1. The fourth-order valence-electron chi connectivity index (χ4n) is 2.99. The number of hydrogen-bond acceptors (Lipinski definition) is 5. The second-order valence-corrected chi connectivity index (χ2v) is 6.02. The first-order valence-electron chi connectivity index (χ1n) is 8.55. The molecule has 0 bridgehead atoms. The summed E-state index contributed by atoms with van der Waals surface area (Å²) >= 11 is 0. The van der Waals surface area contributed by atoms with E-state index in [-0.39, 0.29) is 12.1 Å². The summed E-state index contributed by atoms with van der Waals surface area (Å²) in [6, 6.07) is 4.02. The number of carbonyl (C=O) groups excluding carboxylic acids is 1. The number of carbonyl (C=O) groups is 1. The van der Waals surface area contributed by atoms with Crippen LogP contribution in [0.5, 0.6) is 0 Å². The molecule has 1 aliphatic rings. The van der Waals surface area contributed by atoms with E-state index in [2.05, 4.69) is 27.4 Å². The number of aryl methyl sites for hydroxylation is 1. The molecule has 7 heteroatoms. The lowest BCUT2D eigenvalue weighted by Crippen LogP contribution is -2.43. The summed E-state index contributed by atoms with van der Waals surface area (Å²) < 4.78 is 5.30. The van der Waals surface area contributed by atoms with Crippen LogP contribution in [0.1, 0.15) is 38.4 Å². The first-order valence-corrected chi connectivity index (χ1v) is 8.55. The number of nitrogens with one attached hydrogen (secondary N) is 1. The zero-order chi connectivity index (χ0) is 16.8. The third-order valence-electron chi connectivity index (χ3n) is 4.24. The molecule has 1 fully saturated rings. The van der Waals surface area contributed by atoms with Gasteiger partial charge in [-0.1, -0.05) is 12.1 Å². The largest absolute Gasteiger partial charge is 0.338 e. The summed E-state index contributed by atoms with van der Waals surface area (Å²) in [7, 11) is 0. The average Bonchev–Trinajstić information content (AvgIpc) is 3.27. The average molecular weight is 329 g/mol. The minimum atomic E-state index is 0.0449. The van der Waals surface area contributed by atoms with E-state index in [1.807, 2.05) is 17.0 Å². The predicted molar refractivity (Wildman–Crippen MR) is 89.3 cm³/mol. The highest BCUT2D eigenvalue weighted by atomic mass is 16.5. The first-order chi connectivity index (χ1) is 11.8. The van der Waals surface area contributed by atoms with Crippen LogP contribution in [-0.2, 0) is 6.42 Å². The summed E-state index contributed by atoms with van der Waals surface area (Å²) in [4.78, 5) is 22.6. The monoisotopic (exact) mass is 329 g/mol. The van der Waals surface area contributed by atoms with Gasteiger partial charge in [0.05, 0.1) is 5.56 Å². The maximum Gasteiger partial charge on any atom is 0.317 e. The molecule has 0 aromatic carbocycles. The van der Waals surface area contributed by atoms with Crippen LogP contribution in [0.15, 0.2) is 29.0 Å². The van der Waals surface area contributed by atoms with E-state index in [1.165, 1.54) is 0 Å². The summed E-state index contributed by atoms with van der Waals surface area (Å²) in [6.07, 6.45) is 8.00. The zero-order valence-corrected chi connectivity index (χ0v) is 13.9. The highest BCUT2D eigenvalue weighted by molar-refractivity contribution is 5.74. The number of nitrogens with zero attached hydrogens (tertiary/aromatic N) is 4. The molecule has 1 saturated heterocycles. The third kappa shape index (κ3) is 3.90. The lowest BCUT2D eigenvalue weighted by molar-refractivity contribution is 0.190. The van der Waals surface area contributed by atoms with Crippen LogP contribution in [0.4, 0.5) is 4.79 Å². The lowest BCUT2D eigenvalue weighted by atomic mass is 10.1. The van der Waals surface area contributed by atoms with Gasteiger partial charge in [-0.2, -0.15) is 4.98 Å². The molecular weight excluding hydrogens is 306 g/mol. The van der Waals surface area contributed by atoms with Crippen molar-refractivity contribution in [3.63, 3.8) is 0 Å². The van der Waals surface area contributed by atoms with Crippen LogP contribution < -0.4 is 5.32 Å². The van der Waals surface area contributed by atoms with Crippen LogP contribution in [-0.4, -0.2) is 45.2 Å². The third-order valence-corrected chi connectivity index (χ3v) is 4.24. The molecule has 2 amide bonds. The molecule has 1 aliphatic heterocycles. The normalized spacial score (nSPS) is 17.2. The Kier molecular flexibility index (Phi) is 5.40. The van der Waals surface area contributed by atoms with Crippen molar-refractivity contribution in [3.8, 4) is 11.5 Å². The molecule has 24 heavy (non-hydrogen) atoms. The number of rotatable bonds is 6. The molecule has 0 saturated carbocycles. The Bertz CT molecular complexity index is 658. The van der Waals surface area contributed by atoms with E-state index >= 15 is 0 Å². The SMILES string of the molecule is CCCNC(=O)N1CCCC1CCc1noc(-c2cccnc2)n1. The van der Waals surface area contributed by atoms with E-state index < -0.39 is 0 Å². The van der Waals surface area contributed by atoms with Gasteiger partial charge in [0.2, 0.25) is 0 Å². The van der Waals surface area contributed by atoms with Gasteiger partial charge in [0.15, 0.2) is 5.82 Å². The standard InChI is InChI=1S/C17H23N5O2/c1-2-9-19-17(23)22-11-4-6-14(22)7-8-15-20-16(24-21-15)13-5-3-10-18-12-13/h3,5,10,12,14H,2,4,6-9,11H2,1H3,(H,19,23). The molecule has 128 valence electrons. The van der Waals surface area contributed by atoms with Gasteiger partial charge in [0.1, 0.15) is 0 Å². The van der Waals surface area contributed by atoms with Gasteiger partial charge in [-0.3, -0.25) is 4.98 Å². The van der Waals surface area contributed by atoms with Gasteiger partial charge in [-0.25, -0.2) is 4.79 Å². The molecule has 2 aromatic heterocycles. The van der Waals surface area contributed by atoms with E-state index in [0.29, 0.717) is 18.1 Å². The number of pyridine rings is 1. The lowest BCUT2D eigenvalue weighted by Gasteiger charge is -2.24. The summed E-state index contributed by atoms with van der Waals surface area (Å²) in [5, 5.41) is 7.00. The van der Waals surface area contributed by atoms with Crippen molar-refractivity contribution >= 4 is 6.03 Å². The predicted octanol–water partition coefficient (Wildman–Crippen LogP) is 2.65. The van der Waals surface area contributed by atoms with Crippen molar-refractivity contribution in [1.29, 1.82) is 0 Å². The second kappa shape index (κ2) is 7.90. The van der Waals surface area contributed by atoms with Crippen molar-refractivity contribution in [3.05, 3.63) is 30.4 Å². The van der Waals surface area contributed by atoms with Crippen LogP contribution in [0.2, 0.25) is 0 Å². The molecule has 3 heterocycles. The van der Waals surface area contributed by atoms with Gasteiger partial charge in [-0.15, -0.1) is 0 Å². The van der Waals surface area contributed by atoms with E-state index in [1.54, 1.807) is 12.4 Å². The van der Waals surface area contributed by atoms with Gasteiger partial charge in [0, 0.05) is 37.9 Å². The van der Waals surface area contributed by atoms with Crippen molar-refractivity contribution < 1.29 is 9.32 Å². The summed E-state index contributed by atoms with van der Waals surface area (Å²) in [5.74, 6) is 1.16. The van der Waals surface area contributed by atoms with Gasteiger partial charge < -0.3 is 14.7 Å². The van der Waals surface area contributed by atoms with Crippen LogP contribution in [0.3, 0.4) is 0 Å². The maximum atomic E-state index is 12.2. The number of aromatic nitrogens is 3. The van der Waals surface area contributed by atoms with Gasteiger partial charge in [-0.05, 0) is 37.8 Å². The highest BCUT2D eigenvalue weighted by Crippen LogP contribution is 2.22. The van der Waals surface area contributed by atoms with Crippen molar-refractivity contribution in [2.45, 2.75) is 45.1 Å². The Balaban J connectivity index is 1.55. The minimum Gasteiger partial charge on any atom is -0.338 e. The molecule has 1 N–H and O–H groups in total. The molecular formula is C17H23N5O2. The van der Waals surface area contributed by atoms with Crippen molar-refractivity contribution in [1.82, 2.24) is 25.3 Å². The molecule has 1 unspecified atom stereocenters. The van der Waals surface area contributed by atoms with Crippen LogP contribution >= 0.6 is 0 Å². The van der Waals surface area contributed by atoms with Crippen LogP contribution in [0.25, 0.3) is 11.5 Å². The molecule has 0 aliphatic carbocycles. The Hall–Kier alpha value is -2.44. The summed E-state index contributed by atoms with van der Waals surface area (Å²) in [6.45, 7) is 3.60. The molecule has 2 aromatic rings. The van der Waals surface area contributed by atoms with Gasteiger partial charge in [0.25, 0.3) is 5.89 Å². The Morgan fingerprint density at radius 1 is 1.50 bits per heavy atom. The van der Waals surface area contributed by atoms with E-state index in [4.69, 9.17) is 4.52 Å². The van der Waals surface area contributed by atoms with E-state index in [0.717, 1.165) is 44.3 Å². The first kappa shape index (κ1) is 16.4. The molecule has 1 atom stereocenters. The summed E-state index contributed by atoms with van der Waals surface area (Å²) in [5.41, 5.74) is 0.817. The highest BCUT2D eigenvalue weighted by Gasteiger charge is 2.28. The number of urea groups is 1. The van der Waals surface area contributed by atoms with Gasteiger partial charge >= 0.3 is 6.03 Å². The van der Waals surface area contributed by atoms with Crippen molar-refractivity contribution in [2.75, 3.05) is 13.1 Å². The smallest absolute Gasteiger partial charge is 0.317 e. The van der Waals surface area contributed by atoms with Crippen LogP contribution in [0, 0.1) is 0 Å². The van der Waals surface area contributed by atoms with Crippen molar-refractivity contribution in [2.24, 2.45) is 0 Å². The number of hydrogen-bond donors (Lipinski definition) is 1. The van der Waals surface area contributed by atoms with E-state index in [9.17, 15) is 4.79 Å². The molecule has 0 spiro atoms. The Morgan fingerprint density at radius 2 is 2.42 bits per heavy atom. The molecule has 7 nitrogen and oxygen atoms in total. The number of amides is 2.